The number of hydrogen-bond donors (Lipinski definition) is 1. The molecule has 1 aromatic heterocycles. The molecule has 0 bridgehead atoms. The lowest BCUT2D eigenvalue weighted by atomic mass is 10.0. The highest BCUT2D eigenvalue weighted by atomic mass is 16.5. The van der Waals surface area contributed by atoms with Gasteiger partial charge >= 0.3 is 5.63 Å². The largest absolute Gasteiger partial charge is 0.504 e. The summed E-state index contributed by atoms with van der Waals surface area (Å²) >= 11 is 0. The van der Waals surface area contributed by atoms with Crippen LogP contribution < -0.4 is 10.4 Å². The third-order valence-electron chi connectivity index (χ3n) is 5.36. The molecular weight excluding hydrogens is 364 g/mol. The number of allylic oxidation sites excluding steroid dienone is 2. The zero-order valence-electron chi connectivity index (χ0n) is 18.0. The summed E-state index contributed by atoms with van der Waals surface area (Å²) in [5, 5.41) is 10.0. The minimum atomic E-state index is -0.635. The van der Waals surface area contributed by atoms with Crippen LogP contribution in [-0.2, 0) is 12.8 Å². The number of aromatic hydroxyl groups is 1. The van der Waals surface area contributed by atoms with Crippen LogP contribution in [0.4, 0.5) is 0 Å². The first kappa shape index (κ1) is 22.8. The Bertz CT molecular complexity index is 834. The molecule has 0 amide bonds. The second kappa shape index (κ2) is 12.2. The highest BCUT2D eigenvalue weighted by Crippen LogP contribution is 2.28. The maximum Gasteiger partial charge on any atom is 0.382 e. The molecule has 0 radical (unpaired) electrons. The smallest absolute Gasteiger partial charge is 0.382 e. The molecule has 0 aliphatic rings. The van der Waals surface area contributed by atoms with Crippen LogP contribution >= 0.6 is 0 Å². The molecule has 0 saturated heterocycles. The number of benzene rings is 1. The maximum atomic E-state index is 11.8. The van der Waals surface area contributed by atoms with Crippen molar-refractivity contribution in [1.29, 1.82) is 0 Å². The van der Waals surface area contributed by atoms with E-state index in [-0.39, 0.29) is 11.5 Å². The van der Waals surface area contributed by atoms with E-state index in [1.54, 1.807) is 6.92 Å². The summed E-state index contributed by atoms with van der Waals surface area (Å²) in [7, 11) is 1.35. The van der Waals surface area contributed by atoms with Gasteiger partial charge in [0.15, 0.2) is 5.75 Å². The molecule has 0 fully saturated rings. The first-order valence-corrected chi connectivity index (χ1v) is 10.6. The average Bonchev–Trinajstić information content (AvgIpc) is 2.72. The van der Waals surface area contributed by atoms with E-state index < -0.39 is 5.63 Å². The fourth-order valence-corrected chi connectivity index (χ4v) is 3.46. The van der Waals surface area contributed by atoms with Crippen molar-refractivity contribution >= 4 is 0 Å². The molecule has 0 atom stereocenters. The molecule has 158 valence electrons. The van der Waals surface area contributed by atoms with Gasteiger partial charge in [-0.2, -0.15) is 0 Å². The van der Waals surface area contributed by atoms with E-state index in [2.05, 4.69) is 43.3 Å². The first-order chi connectivity index (χ1) is 14.0. The van der Waals surface area contributed by atoms with E-state index in [4.69, 9.17) is 9.15 Å². The fraction of sp³-hybridized carbons (Fsp3) is 0.480. The monoisotopic (exact) mass is 398 g/mol. The Kier molecular flexibility index (Phi) is 9.55. The van der Waals surface area contributed by atoms with Crippen LogP contribution in [0, 0.1) is 6.92 Å². The van der Waals surface area contributed by atoms with Crippen molar-refractivity contribution in [3.63, 3.8) is 0 Å². The van der Waals surface area contributed by atoms with Crippen LogP contribution in [0.3, 0.4) is 0 Å². The standard InChI is InChI=1S/C25H34O4/c1-19(17-18-22-20(2)23(26)24(28-3)25(27)29-22)13-9-6-4-5-7-10-14-21-15-11-8-12-16-21/h8,11-12,15-17,26H,4-7,9-10,13-14,18H2,1-3H3. The Balaban J connectivity index is 1.63. The van der Waals surface area contributed by atoms with Crippen molar-refractivity contribution in [2.45, 2.75) is 71.6 Å². The van der Waals surface area contributed by atoms with E-state index in [0.717, 1.165) is 6.42 Å². The number of hydrogen-bond acceptors (Lipinski definition) is 4. The highest BCUT2D eigenvalue weighted by molar-refractivity contribution is 5.44. The lowest BCUT2D eigenvalue weighted by Crippen LogP contribution is -2.07. The van der Waals surface area contributed by atoms with Gasteiger partial charge in [-0.05, 0) is 45.1 Å². The van der Waals surface area contributed by atoms with Crippen LogP contribution in [0.5, 0.6) is 11.5 Å². The molecule has 29 heavy (non-hydrogen) atoms. The Morgan fingerprint density at radius 1 is 1.07 bits per heavy atom. The van der Waals surface area contributed by atoms with Gasteiger partial charge < -0.3 is 14.3 Å². The molecule has 0 unspecified atom stereocenters. The van der Waals surface area contributed by atoms with Crippen molar-refractivity contribution in [2.24, 2.45) is 0 Å². The van der Waals surface area contributed by atoms with Crippen molar-refractivity contribution in [3.8, 4) is 11.5 Å². The SMILES string of the molecule is COc1c(O)c(C)c(CC=C(C)CCCCCCCCc2ccccc2)oc1=O. The normalized spacial score (nSPS) is 11.6. The summed E-state index contributed by atoms with van der Waals surface area (Å²) in [5.41, 5.74) is 2.64. The molecular formula is C25H34O4. The molecule has 0 saturated carbocycles. The molecule has 0 aliphatic carbocycles. The van der Waals surface area contributed by atoms with E-state index in [1.165, 1.54) is 63.2 Å². The molecule has 0 aliphatic heterocycles. The lowest BCUT2D eigenvalue weighted by molar-refractivity contribution is 0.330. The van der Waals surface area contributed by atoms with Crippen LogP contribution in [0.25, 0.3) is 0 Å². The minimum Gasteiger partial charge on any atom is -0.504 e. The van der Waals surface area contributed by atoms with Crippen LogP contribution in [0.1, 0.15) is 68.8 Å². The topological polar surface area (TPSA) is 59.7 Å². The molecule has 1 aromatic carbocycles. The second-order valence-electron chi connectivity index (χ2n) is 7.68. The average molecular weight is 399 g/mol. The summed E-state index contributed by atoms with van der Waals surface area (Å²) in [5.74, 6) is 0.235. The van der Waals surface area contributed by atoms with Crippen molar-refractivity contribution in [3.05, 3.63) is 69.3 Å². The Morgan fingerprint density at radius 3 is 2.41 bits per heavy atom. The number of methoxy groups -OCH3 is 1. The van der Waals surface area contributed by atoms with Gasteiger partial charge in [0, 0.05) is 12.0 Å². The van der Waals surface area contributed by atoms with Gasteiger partial charge in [0.2, 0.25) is 5.75 Å². The van der Waals surface area contributed by atoms with Crippen molar-refractivity contribution < 1.29 is 14.3 Å². The molecule has 4 heteroatoms. The molecule has 4 nitrogen and oxygen atoms in total. The van der Waals surface area contributed by atoms with Crippen molar-refractivity contribution in [2.75, 3.05) is 7.11 Å². The van der Waals surface area contributed by atoms with E-state index >= 15 is 0 Å². The molecule has 1 heterocycles. The fourth-order valence-electron chi connectivity index (χ4n) is 3.46. The Labute approximate surface area is 174 Å². The predicted octanol–water partition coefficient (Wildman–Crippen LogP) is 6.12. The third-order valence-corrected chi connectivity index (χ3v) is 5.36. The van der Waals surface area contributed by atoms with E-state index in [0.29, 0.717) is 17.7 Å². The van der Waals surface area contributed by atoms with Crippen LogP contribution in [0.15, 0.2) is 51.2 Å². The zero-order chi connectivity index (χ0) is 21.1. The number of unbranched alkanes of at least 4 members (excludes halogenated alkanes) is 5. The molecule has 0 spiro atoms. The van der Waals surface area contributed by atoms with Crippen LogP contribution in [0.2, 0.25) is 0 Å². The maximum absolute atomic E-state index is 11.8. The number of ether oxygens (including phenoxy) is 1. The molecule has 1 N–H and O–H groups in total. The number of aryl methyl sites for hydroxylation is 1. The van der Waals surface area contributed by atoms with Gasteiger partial charge in [0.1, 0.15) is 5.76 Å². The van der Waals surface area contributed by atoms with E-state index in [1.807, 2.05) is 0 Å². The summed E-state index contributed by atoms with van der Waals surface area (Å²) in [6.07, 6.45) is 12.4. The highest BCUT2D eigenvalue weighted by Gasteiger charge is 2.16. The first-order valence-electron chi connectivity index (χ1n) is 10.6. The quantitative estimate of drug-likeness (QED) is 0.345. The van der Waals surface area contributed by atoms with Crippen LogP contribution in [-0.4, -0.2) is 12.2 Å². The number of rotatable bonds is 12. The van der Waals surface area contributed by atoms with Gasteiger partial charge in [-0.1, -0.05) is 67.7 Å². The zero-order valence-corrected chi connectivity index (χ0v) is 18.0. The third kappa shape index (κ3) is 7.45. The summed E-state index contributed by atoms with van der Waals surface area (Å²) in [6, 6.07) is 10.7. The van der Waals surface area contributed by atoms with Gasteiger partial charge in [0.25, 0.3) is 0 Å². The Hall–Kier alpha value is -2.49. The lowest BCUT2D eigenvalue weighted by Gasteiger charge is -2.08. The molecule has 2 aromatic rings. The summed E-state index contributed by atoms with van der Waals surface area (Å²) in [4.78, 5) is 11.8. The van der Waals surface area contributed by atoms with Gasteiger partial charge in [-0.25, -0.2) is 4.79 Å². The van der Waals surface area contributed by atoms with Gasteiger partial charge in [0.05, 0.1) is 7.11 Å². The Morgan fingerprint density at radius 2 is 1.72 bits per heavy atom. The minimum absolute atomic E-state index is 0.128. The summed E-state index contributed by atoms with van der Waals surface area (Å²) in [6.45, 7) is 3.84. The van der Waals surface area contributed by atoms with Crippen molar-refractivity contribution in [1.82, 2.24) is 0 Å². The molecule has 2 rings (SSSR count). The summed E-state index contributed by atoms with van der Waals surface area (Å²) < 4.78 is 10.2. The van der Waals surface area contributed by atoms with Gasteiger partial charge in [-0.3, -0.25) is 0 Å². The predicted molar refractivity (Wildman–Crippen MR) is 118 cm³/mol. The van der Waals surface area contributed by atoms with E-state index in [9.17, 15) is 9.90 Å². The van der Waals surface area contributed by atoms with Gasteiger partial charge in [-0.15, -0.1) is 0 Å². The second-order valence-corrected chi connectivity index (χ2v) is 7.68.